The summed E-state index contributed by atoms with van der Waals surface area (Å²) >= 11 is 1.87. The van der Waals surface area contributed by atoms with E-state index in [0.717, 1.165) is 32.5 Å². The molecule has 0 aromatic carbocycles. The van der Waals surface area contributed by atoms with Crippen LogP contribution in [0.15, 0.2) is 0 Å². The van der Waals surface area contributed by atoms with E-state index in [2.05, 4.69) is 18.5 Å². The largest absolute Gasteiger partial charge is 0.341 e. The third-order valence-corrected chi connectivity index (χ3v) is 4.00. The van der Waals surface area contributed by atoms with E-state index in [1.807, 2.05) is 23.6 Å². The summed E-state index contributed by atoms with van der Waals surface area (Å²) in [7, 11) is 0. The Hall–Kier alpha value is -0.220. The van der Waals surface area contributed by atoms with Gasteiger partial charge in [-0.1, -0.05) is 13.8 Å². The molecule has 0 bridgehead atoms. The number of nitrogens with zero attached hydrogens (tertiary/aromatic N) is 1. The van der Waals surface area contributed by atoms with Gasteiger partial charge in [0.2, 0.25) is 5.91 Å². The zero-order valence-electron chi connectivity index (χ0n) is 9.95. The molecule has 1 fully saturated rings. The molecular weight excluding hydrogens is 208 g/mol. The number of thioether (sulfide) groups is 1. The molecule has 1 aliphatic rings. The summed E-state index contributed by atoms with van der Waals surface area (Å²) in [5.41, 5.74) is 0. The van der Waals surface area contributed by atoms with Crippen LogP contribution in [0.1, 0.15) is 26.7 Å². The Balaban J connectivity index is 2.29. The molecule has 0 spiro atoms. The summed E-state index contributed by atoms with van der Waals surface area (Å²) in [5.74, 6) is 0.296. The molecule has 1 N–H and O–H groups in total. The molecule has 0 aromatic heterocycles. The number of carbonyl (C=O) groups excluding carboxylic acids is 1. The van der Waals surface area contributed by atoms with E-state index < -0.39 is 0 Å². The van der Waals surface area contributed by atoms with Crippen LogP contribution in [0.3, 0.4) is 0 Å². The lowest BCUT2D eigenvalue weighted by atomic mass is 10.2. The molecule has 88 valence electrons. The molecule has 1 rings (SSSR count). The number of likely N-dealkylation sites (N-methyl/N-ethyl adjacent to an activating group) is 1. The van der Waals surface area contributed by atoms with Crippen LogP contribution in [0.2, 0.25) is 0 Å². The van der Waals surface area contributed by atoms with Crippen LogP contribution < -0.4 is 5.32 Å². The third kappa shape index (κ3) is 3.68. The van der Waals surface area contributed by atoms with Gasteiger partial charge in [-0.15, -0.1) is 0 Å². The molecule has 0 aromatic rings. The zero-order chi connectivity index (χ0) is 11.3. The van der Waals surface area contributed by atoms with Crippen molar-refractivity contribution < 1.29 is 4.79 Å². The topological polar surface area (TPSA) is 32.3 Å². The van der Waals surface area contributed by atoms with Gasteiger partial charge < -0.3 is 10.2 Å². The van der Waals surface area contributed by atoms with Crippen molar-refractivity contribution in [3.63, 3.8) is 0 Å². The molecule has 1 amide bonds. The van der Waals surface area contributed by atoms with Crippen LogP contribution in [-0.2, 0) is 4.79 Å². The normalized spacial score (nSPS) is 23.5. The first kappa shape index (κ1) is 12.8. The van der Waals surface area contributed by atoms with Gasteiger partial charge in [-0.25, -0.2) is 0 Å². The average Bonchev–Trinajstić information content (AvgIpc) is 2.58. The van der Waals surface area contributed by atoms with Crippen molar-refractivity contribution in [2.45, 2.75) is 38.0 Å². The number of amides is 1. The Morgan fingerprint density at radius 1 is 1.67 bits per heavy atom. The summed E-state index contributed by atoms with van der Waals surface area (Å²) in [6.07, 6.45) is 4.20. The summed E-state index contributed by atoms with van der Waals surface area (Å²) in [6.45, 7) is 6.99. The van der Waals surface area contributed by atoms with Crippen LogP contribution in [0.5, 0.6) is 0 Å². The maximum atomic E-state index is 11.9. The lowest BCUT2D eigenvalue weighted by molar-refractivity contribution is -0.129. The minimum atomic E-state index is 0.0829. The Labute approximate surface area is 97.0 Å². The monoisotopic (exact) mass is 230 g/mol. The van der Waals surface area contributed by atoms with Crippen LogP contribution in [0.4, 0.5) is 0 Å². The van der Waals surface area contributed by atoms with E-state index in [4.69, 9.17) is 0 Å². The second-order valence-electron chi connectivity index (χ2n) is 4.06. The van der Waals surface area contributed by atoms with Crippen LogP contribution in [0, 0.1) is 0 Å². The van der Waals surface area contributed by atoms with Crippen molar-refractivity contribution in [1.29, 1.82) is 0 Å². The lowest BCUT2D eigenvalue weighted by Crippen LogP contribution is -2.38. The van der Waals surface area contributed by atoms with Gasteiger partial charge in [-0.2, -0.15) is 11.8 Å². The molecule has 1 aliphatic heterocycles. The Kier molecular flexibility index (Phi) is 5.47. The molecule has 2 unspecified atom stereocenters. The predicted octanol–water partition coefficient (Wildman–Crippen LogP) is 1.34. The van der Waals surface area contributed by atoms with Gasteiger partial charge in [0.25, 0.3) is 0 Å². The highest BCUT2D eigenvalue weighted by molar-refractivity contribution is 7.99. The van der Waals surface area contributed by atoms with Gasteiger partial charge in [0.15, 0.2) is 0 Å². The van der Waals surface area contributed by atoms with Crippen molar-refractivity contribution in [3.05, 3.63) is 0 Å². The lowest BCUT2D eigenvalue weighted by Gasteiger charge is -2.18. The van der Waals surface area contributed by atoms with Crippen LogP contribution in [-0.4, -0.2) is 48.0 Å². The van der Waals surface area contributed by atoms with E-state index in [9.17, 15) is 4.79 Å². The van der Waals surface area contributed by atoms with Gasteiger partial charge in [-0.3, -0.25) is 4.79 Å². The average molecular weight is 230 g/mol. The summed E-state index contributed by atoms with van der Waals surface area (Å²) in [5, 5.41) is 3.88. The summed E-state index contributed by atoms with van der Waals surface area (Å²) in [6, 6.07) is 0.0829. The van der Waals surface area contributed by atoms with E-state index in [-0.39, 0.29) is 6.04 Å². The molecule has 0 aliphatic carbocycles. The molecule has 15 heavy (non-hydrogen) atoms. The van der Waals surface area contributed by atoms with Gasteiger partial charge in [0.05, 0.1) is 6.04 Å². The van der Waals surface area contributed by atoms with Crippen molar-refractivity contribution in [1.82, 2.24) is 10.2 Å². The first-order valence-electron chi connectivity index (χ1n) is 5.74. The standard InChI is InChI=1S/C11H22N2OS/c1-4-12-10-6-8-13(11(10)14)7-5-9(2)15-3/h9-10,12H,4-8H2,1-3H3. The minimum absolute atomic E-state index is 0.0829. The summed E-state index contributed by atoms with van der Waals surface area (Å²) in [4.78, 5) is 13.9. The van der Waals surface area contributed by atoms with Crippen LogP contribution >= 0.6 is 11.8 Å². The Bertz CT molecular complexity index is 211. The van der Waals surface area contributed by atoms with Gasteiger partial charge in [-0.05, 0) is 25.6 Å². The number of hydrogen-bond donors (Lipinski definition) is 1. The van der Waals surface area contributed by atoms with E-state index >= 15 is 0 Å². The predicted molar refractivity (Wildman–Crippen MR) is 66.3 cm³/mol. The first-order chi connectivity index (χ1) is 7.19. The molecule has 1 heterocycles. The van der Waals surface area contributed by atoms with E-state index in [1.54, 1.807) is 0 Å². The second-order valence-corrected chi connectivity index (χ2v) is 5.34. The highest BCUT2D eigenvalue weighted by atomic mass is 32.2. The van der Waals surface area contributed by atoms with Crippen molar-refractivity contribution in [3.8, 4) is 0 Å². The quantitative estimate of drug-likeness (QED) is 0.747. The molecular formula is C11H22N2OS. The third-order valence-electron chi connectivity index (χ3n) is 2.96. The molecule has 3 nitrogen and oxygen atoms in total. The van der Waals surface area contributed by atoms with Crippen molar-refractivity contribution in [2.75, 3.05) is 25.9 Å². The molecule has 2 atom stereocenters. The molecule has 0 radical (unpaired) electrons. The molecule has 1 saturated heterocycles. The number of rotatable bonds is 6. The highest BCUT2D eigenvalue weighted by Gasteiger charge is 2.30. The number of nitrogens with one attached hydrogen (secondary N) is 1. The second kappa shape index (κ2) is 6.38. The zero-order valence-corrected chi connectivity index (χ0v) is 10.8. The summed E-state index contributed by atoms with van der Waals surface area (Å²) < 4.78 is 0. The van der Waals surface area contributed by atoms with Gasteiger partial charge in [0, 0.05) is 18.3 Å². The fourth-order valence-corrected chi connectivity index (χ4v) is 2.19. The SMILES string of the molecule is CCNC1CCN(CCC(C)SC)C1=O. The maximum Gasteiger partial charge on any atom is 0.239 e. The van der Waals surface area contributed by atoms with Crippen molar-refractivity contribution in [2.24, 2.45) is 0 Å². The number of hydrogen-bond acceptors (Lipinski definition) is 3. The molecule has 0 saturated carbocycles. The van der Waals surface area contributed by atoms with E-state index in [1.165, 1.54) is 0 Å². The Morgan fingerprint density at radius 3 is 3.00 bits per heavy atom. The maximum absolute atomic E-state index is 11.9. The number of carbonyl (C=O) groups is 1. The number of likely N-dealkylation sites (tertiary alicyclic amines) is 1. The van der Waals surface area contributed by atoms with Crippen molar-refractivity contribution >= 4 is 17.7 Å². The van der Waals surface area contributed by atoms with Gasteiger partial charge in [0.1, 0.15) is 0 Å². The highest BCUT2D eigenvalue weighted by Crippen LogP contribution is 2.15. The molecule has 4 heteroatoms. The Morgan fingerprint density at radius 2 is 2.40 bits per heavy atom. The minimum Gasteiger partial charge on any atom is -0.341 e. The smallest absolute Gasteiger partial charge is 0.239 e. The fraction of sp³-hybridized carbons (Fsp3) is 0.909. The first-order valence-corrected chi connectivity index (χ1v) is 7.02. The van der Waals surface area contributed by atoms with Gasteiger partial charge >= 0.3 is 0 Å². The van der Waals surface area contributed by atoms with Crippen LogP contribution in [0.25, 0.3) is 0 Å². The van der Waals surface area contributed by atoms with E-state index in [0.29, 0.717) is 11.2 Å². The fourth-order valence-electron chi connectivity index (χ4n) is 1.85.